The minimum atomic E-state index is -1.46. The van der Waals surface area contributed by atoms with E-state index in [0.29, 0.717) is 0 Å². The quantitative estimate of drug-likeness (QED) is 0.260. The number of hydrogen-bond donors (Lipinski definition) is 8. The Morgan fingerprint density at radius 2 is 1.05 bits per heavy atom. The third-order valence-corrected chi connectivity index (χ3v) is 3.10. The lowest BCUT2D eigenvalue weighted by Crippen LogP contribution is -2.19. The number of benzene rings is 1. The Morgan fingerprint density at radius 1 is 0.636 bits per heavy atom. The number of rotatable bonds is 1. The highest BCUT2D eigenvalue weighted by Gasteiger charge is 2.29. The van der Waals surface area contributed by atoms with Gasteiger partial charge in [-0.05, 0) is 6.92 Å². The number of phenols is 5. The first-order valence-corrected chi connectivity index (χ1v) is 5.66. The van der Waals surface area contributed by atoms with Crippen LogP contribution >= 0.6 is 0 Å². The third kappa shape index (κ3) is 1.70. The van der Waals surface area contributed by atoms with Crippen LogP contribution < -0.4 is 5.56 Å². The summed E-state index contributed by atoms with van der Waals surface area (Å²) in [4.78, 5) is 11.9. The van der Waals surface area contributed by atoms with E-state index in [0.717, 1.165) is 6.92 Å². The van der Waals surface area contributed by atoms with E-state index in [2.05, 4.69) is 0 Å². The zero-order chi connectivity index (χ0) is 16.9. The number of aromatic nitrogens is 1. The first-order valence-electron chi connectivity index (χ1n) is 5.66. The number of aromatic hydroxyl groups is 8. The van der Waals surface area contributed by atoms with Gasteiger partial charge in [0.1, 0.15) is 5.69 Å². The monoisotopic (exact) mass is 313 g/mol. The van der Waals surface area contributed by atoms with E-state index in [1.54, 1.807) is 0 Å². The standard InChI is InChI=1S/C12H11NO9/c1-2-4(14)10(20)12(22)13(11(2)21)3-5(15)7(17)9(19)8(18)6(3)16/h14-21H,1H3. The molecule has 22 heavy (non-hydrogen) atoms. The van der Waals surface area contributed by atoms with E-state index in [4.69, 9.17) is 0 Å². The lowest BCUT2D eigenvalue weighted by Gasteiger charge is -2.17. The molecule has 1 heterocycles. The Balaban J connectivity index is 3.06. The van der Waals surface area contributed by atoms with E-state index < -0.39 is 57.4 Å². The van der Waals surface area contributed by atoms with Crippen LogP contribution in [0.25, 0.3) is 5.69 Å². The van der Waals surface area contributed by atoms with Crippen molar-refractivity contribution in [1.29, 1.82) is 0 Å². The molecule has 2 aromatic rings. The predicted molar refractivity (Wildman–Crippen MR) is 70.1 cm³/mol. The number of phenolic OH excluding ortho intramolecular Hbond substituents is 5. The molecule has 8 N–H and O–H groups in total. The molecule has 0 unspecified atom stereocenters. The van der Waals surface area contributed by atoms with Gasteiger partial charge in [-0.1, -0.05) is 0 Å². The third-order valence-electron chi connectivity index (χ3n) is 3.10. The van der Waals surface area contributed by atoms with Crippen LogP contribution in [-0.2, 0) is 0 Å². The summed E-state index contributed by atoms with van der Waals surface area (Å²) in [5.41, 5.74) is -2.85. The zero-order valence-corrected chi connectivity index (χ0v) is 10.9. The molecule has 0 aliphatic carbocycles. The van der Waals surface area contributed by atoms with Gasteiger partial charge in [0.05, 0.1) is 5.56 Å². The van der Waals surface area contributed by atoms with E-state index in [9.17, 15) is 45.6 Å². The molecule has 0 atom stereocenters. The van der Waals surface area contributed by atoms with Crippen LogP contribution in [0, 0.1) is 6.92 Å². The summed E-state index contributed by atoms with van der Waals surface area (Å²) in [7, 11) is 0. The number of nitrogens with zero attached hydrogens (tertiary/aromatic N) is 1. The van der Waals surface area contributed by atoms with Gasteiger partial charge in [0, 0.05) is 0 Å². The second-order valence-electron chi connectivity index (χ2n) is 4.38. The Morgan fingerprint density at radius 3 is 1.50 bits per heavy atom. The van der Waals surface area contributed by atoms with E-state index in [-0.39, 0.29) is 10.1 Å². The van der Waals surface area contributed by atoms with E-state index in [1.807, 2.05) is 0 Å². The molecule has 1 aromatic heterocycles. The molecular formula is C12H11NO9. The molecule has 0 fully saturated rings. The van der Waals surface area contributed by atoms with Gasteiger partial charge in [-0.25, -0.2) is 4.57 Å². The maximum atomic E-state index is 11.9. The van der Waals surface area contributed by atoms with Gasteiger partial charge in [-0.15, -0.1) is 0 Å². The predicted octanol–water partition coefficient (Wildman–Crippen LogP) is -0.209. The van der Waals surface area contributed by atoms with Crippen LogP contribution in [0.4, 0.5) is 0 Å². The minimum Gasteiger partial charge on any atom is -0.504 e. The summed E-state index contributed by atoms with van der Waals surface area (Å²) < 4.78 is 0.133. The molecule has 2 rings (SSSR count). The van der Waals surface area contributed by atoms with E-state index in [1.165, 1.54) is 0 Å². The van der Waals surface area contributed by atoms with Crippen molar-refractivity contribution in [3.63, 3.8) is 0 Å². The van der Waals surface area contributed by atoms with Crippen LogP contribution in [0.5, 0.6) is 46.1 Å². The van der Waals surface area contributed by atoms with E-state index >= 15 is 0 Å². The van der Waals surface area contributed by atoms with Gasteiger partial charge >= 0.3 is 5.56 Å². The second-order valence-corrected chi connectivity index (χ2v) is 4.38. The second kappa shape index (κ2) is 4.55. The molecule has 0 spiro atoms. The van der Waals surface area contributed by atoms with Crippen molar-refractivity contribution in [2.45, 2.75) is 6.92 Å². The smallest absolute Gasteiger partial charge is 0.304 e. The Hall–Kier alpha value is -3.43. The molecular weight excluding hydrogens is 302 g/mol. The Bertz CT molecular complexity index is 824. The molecule has 10 heteroatoms. The minimum absolute atomic E-state index is 0.133. The fraction of sp³-hybridized carbons (Fsp3) is 0.0833. The Labute approximate surface area is 121 Å². The van der Waals surface area contributed by atoms with Crippen molar-refractivity contribution in [2.24, 2.45) is 0 Å². The van der Waals surface area contributed by atoms with Gasteiger partial charge < -0.3 is 40.9 Å². The summed E-state index contributed by atoms with van der Waals surface area (Å²) in [5, 5.41) is 76.5. The van der Waals surface area contributed by atoms with Crippen molar-refractivity contribution in [2.75, 3.05) is 0 Å². The fourth-order valence-electron chi connectivity index (χ4n) is 1.85. The lowest BCUT2D eigenvalue weighted by atomic mass is 10.1. The zero-order valence-electron chi connectivity index (χ0n) is 10.9. The summed E-state index contributed by atoms with van der Waals surface area (Å²) in [6.45, 7) is 1.11. The summed E-state index contributed by atoms with van der Waals surface area (Å²) in [6, 6.07) is 0. The van der Waals surface area contributed by atoms with Crippen molar-refractivity contribution in [3.05, 3.63) is 15.9 Å². The van der Waals surface area contributed by atoms with Gasteiger partial charge in [0.25, 0.3) is 0 Å². The molecule has 0 saturated carbocycles. The average Bonchev–Trinajstić information content (AvgIpc) is 2.50. The highest BCUT2D eigenvalue weighted by Crippen LogP contribution is 2.53. The molecule has 1 aromatic carbocycles. The normalized spacial score (nSPS) is 10.8. The highest BCUT2D eigenvalue weighted by molar-refractivity contribution is 5.75. The Kier molecular flexibility index (Phi) is 3.09. The summed E-state index contributed by atoms with van der Waals surface area (Å²) in [5.74, 6) is -9.44. The molecule has 0 bridgehead atoms. The first kappa shape index (κ1) is 15.0. The number of pyridine rings is 1. The molecule has 0 amide bonds. The number of hydrogen-bond acceptors (Lipinski definition) is 9. The highest BCUT2D eigenvalue weighted by atomic mass is 16.4. The fourth-order valence-corrected chi connectivity index (χ4v) is 1.85. The molecule has 0 aliphatic rings. The first-order chi connectivity index (χ1) is 10.1. The van der Waals surface area contributed by atoms with Crippen LogP contribution in [0.2, 0.25) is 0 Å². The van der Waals surface area contributed by atoms with Crippen LogP contribution in [0.1, 0.15) is 5.56 Å². The lowest BCUT2D eigenvalue weighted by molar-refractivity contribution is 0.323. The van der Waals surface area contributed by atoms with Crippen molar-refractivity contribution >= 4 is 0 Å². The van der Waals surface area contributed by atoms with Crippen LogP contribution in [0.3, 0.4) is 0 Å². The van der Waals surface area contributed by atoms with Crippen molar-refractivity contribution < 1.29 is 40.9 Å². The molecule has 10 nitrogen and oxygen atoms in total. The van der Waals surface area contributed by atoms with Crippen molar-refractivity contribution in [1.82, 2.24) is 4.57 Å². The van der Waals surface area contributed by atoms with Gasteiger partial charge in [-0.3, -0.25) is 4.79 Å². The van der Waals surface area contributed by atoms with Crippen LogP contribution in [-0.4, -0.2) is 45.4 Å². The topological polar surface area (TPSA) is 184 Å². The summed E-state index contributed by atoms with van der Waals surface area (Å²) in [6.07, 6.45) is 0. The summed E-state index contributed by atoms with van der Waals surface area (Å²) >= 11 is 0. The maximum absolute atomic E-state index is 11.9. The molecule has 118 valence electrons. The maximum Gasteiger partial charge on any atom is 0.304 e. The van der Waals surface area contributed by atoms with Crippen LogP contribution in [0.15, 0.2) is 4.79 Å². The van der Waals surface area contributed by atoms with Gasteiger partial charge in [0.2, 0.25) is 28.9 Å². The molecule has 0 saturated heterocycles. The molecule has 0 aliphatic heterocycles. The average molecular weight is 313 g/mol. The largest absolute Gasteiger partial charge is 0.504 e. The molecule has 0 radical (unpaired) electrons. The van der Waals surface area contributed by atoms with Gasteiger partial charge in [0.15, 0.2) is 17.2 Å². The SMILES string of the molecule is Cc1c(O)c(O)c(=O)n(-c2c(O)c(O)c(O)c(O)c2O)c1O. The van der Waals surface area contributed by atoms with Crippen molar-refractivity contribution in [3.8, 4) is 51.8 Å². The van der Waals surface area contributed by atoms with Gasteiger partial charge in [-0.2, -0.15) is 0 Å².